The van der Waals surface area contributed by atoms with Gasteiger partial charge in [0.25, 0.3) is 0 Å². The zero-order chi connectivity index (χ0) is 14.2. The molecule has 110 valence electrons. The molecule has 2 fully saturated rings. The molecule has 0 bridgehead atoms. The highest BCUT2D eigenvalue weighted by Gasteiger charge is 2.36. The fourth-order valence-corrected chi connectivity index (χ4v) is 3.52. The highest BCUT2D eigenvalue weighted by Crippen LogP contribution is 2.46. The van der Waals surface area contributed by atoms with Gasteiger partial charge in [0.15, 0.2) is 5.16 Å². The summed E-state index contributed by atoms with van der Waals surface area (Å²) in [5.74, 6) is 2.78. The minimum atomic E-state index is 0.489. The Morgan fingerprint density at radius 3 is 2.81 bits per heavy atom. The van der Waals surface area contributed by atoms with Crippen LogP contribution in [0.15, 0.2) is 23.5 Å². The minimum absolute atomic E-state index is 0.489. The van der Waals surface area contributed by atoms with E-state index in [0.717, 1.165) is 16.6 Å². The van der Waals surface area contributed by atoms with Crippen LogP contribution in [0.1, 0.15) is 54.7 Å². The van der Waals surface area contributed by atoms with E-state index >= 15 is 0 Å². The summed E-state index contributed by atoms with van der Waals surface area (Å²) in [6.07, 6.45) is 6.94. The molecular formula is C15H19N5S. The summed E-state index contributed by atoms with van der Waals surface area (Å²) in [5, 5.41) is 9.95. The van der Waals surface area contributed by atoms with E-state index in [1.165, 1.54) is 37.1 Å². The molecule has 6 heteroatoms. The molecule has 0 saturated heterocycles. The first-order valence-corrected chi connectivity index (χ1v) is 8.55. The van der Waals surface area contributed by atoms with E-state index < -0.39 is 0 Å². The predicted molar refractivity (Wildman–Crippen MR) is 82.0 cm³/mol. The smallest absolute Gasteiger partial charge is 0.191 e. The Morgan fingerprint density at radius 1 is 1.24 bits per heavy atom. The molecule has 0 atom stereocenters. The summed E-state index contributed by atoms with van der Waals surface area (Å²) >= 11 is 1.77. The summed E-state index contributed by atoms with van der Waals surface area (Å²) in [4.78, 5) is 4.24. The number of pyridine rings is 1. The predicted octanol–water partition coefficient (Wildman–Crippen LogP) is 2.64. The molecule has 2 aromatic rings. The van der Waals surface area contributed by atoms with Crippen LogP contribution in [-0.2, 0) is 12.3 Å². The third kappa shape index (κ3) is 2.82. The summed E-state index contributed by atoms with van der Waals surface area (Å²) in [6, 6.07) is 4.77. The lowest BCUT2D eigenvalue weighted by atomic mass is 10.2. The van der Waals surface area contributed by atoms with E-state index in [9.17, 15) is 0 Å². The molecule has 2 aliphatic carbocycles. The van der Waals surface area contributed by atoms with Gasteiger partial charge in [0.1, 0.15) is 5.82 Å². The lowest BCUT2D eigenvalue weighted by Gasteiger charge is -2.08. The number of nitrogens with two attached hydrogens (primary N) is 1. The van der Waals surface area contributed by atoms with Crippen LogP contribution in [-0.4, -0.2) is 19.7 Å². The Morgan fingerprint density at radius 2 is 2.10 bits per heavy atom. The van der Waals surface area contributed by atoms with Crippen molar-refractivity contribution in [1.29, 1.82) is 0 Å². The Kier molecular flexibility index (Phi) is 3.43. The molecule has 4 rings (SSSR count). The fraction of sp³-hybridized carbons (Fsp3) is 0.533. The second kappa shape index (κ2) is 5.42. The van der Waals surface area contributed by atoms with Crippen LogP contribution in [0.3, 0.4) is 0 Å². The van der Waals surface area contributed by atoms with E-state index in [4.69, 9.17) is 5.73 Å². The highest BCUT2D eigenvalue weighted by molar-refractivity contribution is 7.98. The van der Waals surface area contributed by atoms with Crippen LogP contribution in [0.25, 0.3) is 0 Å². The normalized spacial score (nSPS) is 18.1. The summed E-state index contributed by atoms with van der Waals surface area (Å²) in [5.41, 5.74) is 7.83. The molecule has 21 heavy (non-hydrogen) atoms. The monoisotopic (exact) mass is 301 g/mol. The number of thioether (sulfide) groups is 1. The molecule has 0 aliphatic heterocycles. The maximum absolute atomic E-state index is 5.65. The first-order valence-electron chi connectivity index (χ1n) is 7.56. The van der Waals surface area contributed by atoms with E-state index in [-0.39, 0.29) is 0 Å². The molecule has 5 nitrogen and oxygen atoms in total. The van der Waals surface area contributed by atoms with E-state index in [2.05, 4.69) is 25.8 Å². The maximum atomic E-state index is 5.65. The van der Waals surface area contributed by atoms with E-state index in [1.54, 1.807) is 11.8 Å². The van der Waals surface area contributed by atoms with Gasteiger partial charge in [0.05, 0.1) is 5.69 Å². The lowest BCUT2D eigenvalue weighted by molar-refractivity contribution is 0.627. The van der Waals surface area contributed by atoms with Crippen molar-refractivity contribution in [3.05, 3.63) is 35.4 Å². The molecule has 0 aromatic carbocycles. The first kappa shape index (κ1) is 13.3. The Balaban J connectivity index is 1.51. The van der Waals surface area contributed by atoms with Gasteiger partial charge in [-0.25, -0.2) is 0 Å². The molecule has 0 spiro atoms. The molecule has 2 saturated carbocycles. The topological polar surface area (TPSA) is 69.6 Å². The van der Waals surface area contributed by atoms with Crippen molar-refractivity contribution in [3.8, 4) is 0 Å². The third-order valence-electron chi connectivity index (χ3n) is 4.00. The van der Waals surface area contributed by atoms with Gasteiger partial charge in [-0.2, -0.15) is 0 Å². The number of rotatable bonds is 6. The van der Waals surface area contributed by atoms with Gasteiger partial charge in [0, 0.05) is 30.5 Å². The number of aromatic nitrogens is 4. The zero-order valence-corrected chi connectivity index (χ0v) is 12.7. The SMILES string of the molecule is NCc1cc(CSc2nnc(C3CC3)n2C2CC2)ccn1. The number of hydrogen-bond donors (Lipinski definition) is 1. The van der Waals surface area contributed by atoms with Crippen LogP contribution in [0.5, 0.6) is 0 Å². The Hall–Kier alpha value is -1.40. The van der Waals surface area contributed by atoms with Gasteiger partial charge in [-0.15, -0.1) is 10.2 Å². The van der Waals surface area contributed by atoms with Crippen LogP contribution in [0, 0.1) is 0 Å². The van der Waals surface area contributed by atoms with Gasteiger partial charge in [-0.05, 0) is 43.4 Å². The highest BCUT2D eigenvalue weighted by atomic mass is 32.2. The van der Waals surface area contributed by atoms with Crippen molar-refractivity contribution >= 4 is 11.8 Å². The Bertz CT molecular complexity index is 645. The third-order valence-corrected chi connectivity index (χ3v) is 5.02. The molecular weight excluding hydrogens is 282 g/mol. The fourth-order valence-electron chi connectivity index (χ4n) is 2.56. The summed E-state index contributed by atoms with van der Waals surface area (Å²) in [7, 11) is 0. The molecule has 2 aromatic heterocycles. The largest absolute Gasteiger partial charge is 0.325 e. The molecule has 2 aliphatic rings. The van der Waals surface area contributed by atoms with Gasteiger partial charge in [0.2, 0.25) is 0 Å². The van der Waals surface area contributed by atoms with Gasteiger partial charge >= 0.3 is 0 Å². The molecule has 2 heterocycles. The Labute approximate surface area is 128 Å². The van der Waals surface area contributed by atoms with Crippen molar-refractivity contribution in [2.24, 2.45) is 5.73 Å². The van der Waals surface area contributed by atoms with Gasteiger partial charge in [-0.1, -0.05) is 11.8 Å². The summed E-state index contributed by atoms with van der Waals surface area (Å²) in [6.45, 7) is 0.489. The quantitative estimate of drug-likeness (QED) is 0.831. The molecule has 0 amide bonds. The van der Waals surface area contributed by atoms with Crippen LogP contribution in [0.4, 0.5) is 0 Å². The van der Waals surface area contributed by atoms with Crippen molar-refractivity contribution in [2.45, 2.75) is 55.1 Å². The maximum Gasteiger partial charge on any atom is 0.191 e. The van der Waals surface area contributed by atoms with Crippen molar-refractivity contribution in [3.63, 3.8) is 0 Å². The van der Waals surface area contributed by atoms with Crippen LogP contribution >= 0.6 is 11.8 Å². The lowest BCUT2D eigenvalue weighted by Crippen LogP contribution is -2.02. The average Bonchev–Trinajstić information content (AvgIpc) is 3.44. The van der Waals surface area contributed by atoms with Crippen LogP contribution in [0.2, 0.25) is 0 Å². The van der Waals surface area contributed by atoms with Crippen LogP contribution < -0.4 is 5.73 Å². The number of hydrogen-bond acceptors (Lipinski definition) is 5. The zero-order valence-electron chi connectivity index (χ0n) is 11.9. The minimum Gasteiger partial charge on any atom is -0.325 e. The van der Waals surface area contributed by atoms with E-state index in [0.29, 0.717) is 18.5 Å². The van der Waals surface area contributed by atoms with Crippen molar-refractivity contribution in [2.75, 3.05) is 0 Å². The van der Waals surface area contributed by atoms with Crippen molar-refractivity contribution in [1.82, 2.24) is 19.7 Å². The summed E-state index contributed by atoms with van der Waals surface area (Å²) < 4.78 is 2.40. The van der Waals surface area contributed by atoms with Gasteiger partial charge in [-0.3, -0.25) is 4.98 Å². The average molecular weight is 301 g/mol. The molecule has 2 N–H and O–H groups in total. The standard InChI is InChI=1S/C15H19N5S/c16-8-12-7-10(5-6-17-12)9-21-15-19-18-14(11-1-2-11)20(15)13-3-4-13/h5-7,11,13H,1-4,8-9,16H2. The van der Waals surface area contributed by atoms with Crippen molar-refractivity contribution < 1.29 is 0 Å². The molecule has 0 unspecified atom stereocenters. The molecule has 0 radical (unpaired) electrons. The van der Waals surface area contributed by atoms with Gasteiger partial charge < -0.3 is 10.3 Å². The second-order valence-electron chi connectivity index (χ2n) is 5.86. The second-order valence-corrected chi connectivity index (χ2v) is 6.81. The van der Waals surface area contributed by atoms with E-state index in [1.807, 2.05) is 12.3 Å². The number of nitrogens with zero attached hydrogens (tertiary/aromatic N) is 4. The first-order chi connectivity index (χ1) is 10.3.